The molecule has 2 unspecified atom stereocenters. The van der Waals surface area contributed by atoms with Crippen molar-refractivity contribution >= 4 is 21.7 Å². The molecule has 0 aromatic carbocycles. The van der Waals surface area contributed by atoms with Crippen LogP contribution in [0, 0.1) is 5.92 Å². The first-order valence-corrected chi connectivity index (χ1v) is 7.03. The Labute approximate surface area is 105 Å². The number of aromatic nitrogens is 1. The van der Waals surface area contributed by atoms with E-state index in [1.54, 1.807) is 0 Å². The van der Waals surface area contributed by atoms with E-state index in [9.17, 15) is 0 Å². The summed E-state index contributed by atoms with van der Waals surface area (Å²) in [5, 5.41) is 0. The van der Waals surface area contributed by atoms with Gasteiger partial charge in [0, 0.05) is 18.8 Å². The van der Waals surface area contributed by atoms with E-state index in [2.05, 4.69) is 31.9 Å². The summed E-state index contributed by atoms with van der Waals surface area (Å²) in [6, 6.07) is 4.83. The third-order valence-electron chi connectivity index (χ3n) is 4.02. The van der Waals surface area contributed by atoms with Crippen molar-refractivity contribution < 1.29 is 0 Å². The second-order valence-electron chi connectivity index (χ2n) is 4.90. The van der Waals surface area contributed by atoms with Crippen molar-refractivity contribution in [2.75, 3.05) is 11.4 Å². The molecule has 2 fully saturated rings. The lowest BCUT2D eigenvalue weighted by atomic mass is 9.85. The Balaban J connectivity index is 1.88. The molecule has 2 heterocycles. The molecule has 1 aliphatic heterocycles. The van der Waals surface area contributed by atoms with Crippen LogP contribution in [0.15, 0.2) is 22.8 Å². The van der Waals surface area contributed by atoms with Crippen LogP contribution in [0.3, 0.4) is 0 Å². The van der Waals surface area contributed by atoms with E-state index >= 15 is 0 Å². The maximum absolute atomic E-state index is 4.53. The van der Waals surface area contributed by atoms with Crippen molar-refractivity contribution in [3.05, 3.63) is 22.8 Å². The fraction of sp³-hybridized carbons (Fsp3) is 0.615. The van der Waals surface area contributed by atoms with Crippen molar-refractivity contribution in [3.8, 4) is 0 Å². The SMILES string of the molecule is Brc1cccnc1N1CCC2CCCCC21. The number of pyridine rings is 1. The van der Waals surface area contributed by atoms with Crippen LogP contribution < -0.4 is 4.90 Å². The van der Waals surface area contributed by atoms with Crippen LogP contribution in [0.5, 0.6) is 0 Å². The van der Waals surface area contributed by atoms with Crippen molar-refractivity contribution in [2.24, 2.45) is 5.92 Å². The minimum atomic E-state index is 0.750. The summed E-state index contributed by atoms with van der Waals surface area (Å²) < 4.78 is 1.14. The van der Waals surface area contributed by atoms with Gasteiger partial charge < -0.3 is 4.90 Å². The summed E-state index contributed by atoms with van der Waals surface area (Å²) in [5.41, 5.74) is 0. The number of halogens is 1. The Morgan fingerprint density at radius 2 is 2.12 bits per heavy atom. The van der Waals surface area contributed by atoms with Crippen LogP contribution in [-0.4, -0.2) is 17.6 Å². The third kappa shape index (κ3) is 1.75. The molecule has 1 aromatic heterocycles. The van der Waals surface area contributed by atoms with Gasteiger partial charge in [0.25, 0.3) is 0 Å². The predicted octanol–water partition coefficient (Wildman–Crippen LogP) is 3.61. The Kier molecular flexibility index (Phi) is 2.88. The maximum Gasteiger partial charge on any atom is 0.143 e. The van der Waals surface area contributed by atoms with Crippen LogP contribution in [0.1, 0.15) is 32.1 Å². The minimum absolute atomic E-state index is 0.750. The monoisotopic (exact) mass is 280 g/mol. The van der Waals surface area contributed by atoms with Gasteiger partial charge in [-0.3, -0.25) is 0 Å². The highest BCUT2D eigenvalue weighted by atomic mass is 79.9. The van der Waals surface area contributed by atoms with E-state index in [4.69, 9.17) is 0 Å². The normalized spacial score (nSPS) is 29.2. The number of nitrogens with zero attached hydrogens (tertiary/aromatic N) is 2. The van der Waals surface area contributed by atoms with Crippen molar-refractivity contribution in [1.82, 2.24) is 4.98 Å². The van der Waals surface area contributed by atoms with Crippen molar-refractivity contribution in [3.63, 3.8) is 0 Å². The molecule has 3 rings (SSSR count). The number of hydrogen-bond acceptors (Lipinski definition) is 2. The number of rotatable bonds is 1. The van der Waals surface area contributed by atoms with E-state index in [0.717, 1.165) is 22.3 Å². The fourth-order valence-corrected chi connectivity index (χ4v) is 3.74. The Morgan fingerprint density at radius 3 is 3.00 bits per heavy atom. The topological polar surface area (TPSA) is 16.1 Å². The zero-order chi connectivity index (χ0) is 11.0. The number of anilines is 1. The predicted molar refractivity (Wildman–Crippen MR) is 69.6 cm³/mol. The molecule has 2 atom stereocenters. The van der Waals surface area contributed by atoms with Crippen molar-refractivity contribution in [1.29, 1.82) is 0 Å². The van der Waals surface area contributed by atoms with Gasteiger partial charge in [-0.2, -0.15) is 0 Å². The first-order valence-electron chi connectivity index (χ1n) is 6.23. The van der Waals surface area contributed by atoms with Gasteiger partial charge in [-0.1, -0.05) is 12.8 Å². The Hall–Kier alpha value is -0.570. The lowest BCUT2D eigenvalue weighted by Gasteiger charge is -2.32. The van der Waals surface area contributed by atoms with Crippen LogP contribution in [-0.2, 0) is 0 Å². The zero-order valence-electron chi connectivity index (χ0n) is 9.40. The highest BCUT2D eigenvalue weighted by molar-refractivity contribution is 9.10. The molecule has 2 aliphatic rings. The molecule has 1 aromatic rings. The lowest BCUT2D eigenvalue weighted by Crippen LogP contribution is -2.35. The molecule has 1 saturated carbocycles. The highest BCUT2D eigenvalue weighted by Crippen LogP contribution is 2.39. The molecule has 0 spiro atoms. The van der Waals surface area contributed by atoms with E-state index in [1.165, 1.54) is 38.6 Å². The highest BCUT2D eigenvalue weighted by Gasteiger charge is 2.36. The van der Waals surface area contributed by atoms with Crippen LogP contribution in [0.4, 0.5) is 5.82 Å². The number of hydrogen-bond donors (Lipinski definition) is 0. The van der Waals surface area contributed by atoms with Crippen LogP contribution >= 0.6 is 15.9 Å². The van der Waals surface area contributed by atoms with Gasteiger partial charge in [-0.05, 0) is 53.2 Å². The van der Waals surface area contributed by atoms with E-state index < -0.39 is 0 Å². The van der Waals surface area contributed by atoms with Crippen LogP contribution in [0.25, 0.3) is 0 Å². The summed E-state index contributed by atoms with van der Waals surface area (Å²) in [6.45, 7) is 1.19. The Morgan fingerprint density at radius 1 is 1.25 bits per heavy atom. The zero-order valence-corrected chi connectivity index (χ0v) is 11.0. The molecule has 1 aliphatic carbocycles. The lowest BCUT2D eigenvalue weighted by molar-refractivity contribution is 0.341. The fourth-order valence-electron chi connectivity index (χ4n) is 3.26. The summed E-state index contributed by atoms with van der Waals surface area (Å²) in [4.78, 5) is 7.05. The molecule has 0 bridgehead atoms. The molecular weight excluding hydrogens is 264 g/mol. The average Bonchev–Trinajstić information content (AvgIpc) is 2.74. The molecule has 2 nitrogen and oxygen atoms in total. The van der Waals surface area contributed by atoms with E-state index in [-0.39, 0.29) is 0 Å². The van der Waals surface area contributed by atoms with Gasteiger partial charge in [0.15, 0.2) is 0 Å². The molecule has 0 amide bonds. The first-order chi connectivity index (χ1) is 7.86. The smallest absolute Gasteiger partial charge is 0.143 e. The number of fused-ring (bicyclic) bond motifs is 1. The molecule has 16 heavy (non-hydrogen) atoms. The van der Waals surface area contributed by atoms with Gasteiger partial charge in [0.05, 0.1) is 4.47 Å². The summed E-state index contributed by atoms with van der Waals surface area (Å²) >= 11 is 3.62. The van der Waals surface area contributed by atoms with Gasteiger partial charge in [-0.25, -0.2) is 4.98 Å². The third-order valence-corrected chi connectivity index (χ3v) is 4.64. The summed E-state index contributed by atoms with van der Waals surface area (Å²) in [6.07, 6.45) is 8.85. The van der Waals surface area contributed by atoms with Gasteiger partial charge in [0.2, 0.25) is 0 Å². The average molecular weight is 281 g/mol. The second-order valence-corrected chi connectivity index (χ2v) is 5.76. The standard InChI is InChI=1S/C13H17BrN2/c14-11-5-3-8-15-13(11)16-9-7-10-4-1-2-6-12(10)16/h3,5,8,10,12H,1-2,4,6-7,9H2. The quantitative estimate of drug-likeness (QED) is 0.781. The molecule has 0 N–H and O–H groups in total. The molecule has 86 valence electrons. The van der Waals surface area contributed by atoms with E-state index in [0.29, 0.717) is 0 Å². The second kappa shape index (κ2) is 4.36. The maximum atomic E-state index is 4.53. The van der Waals surface area contributed by atoms with Gasteiger partial charge in [-0.15, -0.1) is 0 Å². The van der Waals surface area contributed by atoms with Crippen LogP contribution in [0.2, 0.25) is 0 Å². The van der Waals surface area contributed by atoms with Gasteiger partial charge >= 0.3 is 0 Å². The van der Waals surface area contributed by atoms with Crippen molar-refractivity contribution in [2.45, 2.75) is 38.1 Å². The largest absolute Gasteiger partial charge is 0.352 e. The minimum Gasteiger partial charge on any atom is -0.352 e. The van der Waals surface area contributed by atoms with Gasteiger partial charge in [0.1, 0.15) is 5.82 Å². The summed E-state index contributed by atoms with van der Waals surface area (Å²) in [7, 11) is 0. The Bertz CT molecular complexity index is 380. The molecule has 1 saturated heterocycles. The molecular formula is C13H17BrN2. The summed E-state index contributed by atoms with van der Waals surface area (Å²) in [5.74, 6) is 2.07. The van der Waals surface area contributed by atoms with E-state index in [1.807, 2.05) is 12.3 Å². The first kappa shape index (κ1) is 10.6. The molecule has 3 heteroatoms. The molecule has 0 radical (unpaired) electrons.